The predicted octanol–water partition coefficient (Wildman–Crippen LogP) is 3.70. The van der Waals surface area contributed by atoms with Gasteiger partial charge >= 0.3 is 0 Å². The number of nitriles is 1. The van der Waals surface area contributed by atoms with Gasteiger partial charge in [-0.25, -0.2) is 14.4 Å². The van der Waals surface area contributed by atoms with Crippen molar-refractivity contribution in [2.24, 2.45) is 0 Å². The van der Waals surface area contributed by atoms with Crippen LogP contribution in [0.25, 0.3) is 11.2 Å². The van der Waals surface area contributed by atoms with Crippen LogP contribution < -0.4 is 10.6 Å². The molecule has 2 heterocycles. The van der Waals surface area contributed by atoms with E-state index in [0.29, 0.717) is 60.4 Å². The Labute approximate surface area is 212 Å². The summed E-state index contributed by atoms with van der Waals surface area (Å²) in [6.07, 6.45) is 2.67. The number of carbonyl (C=O) groups is 2. The first-order valence-electron chi connectivity index (χ1n) is 11.7. The highest BCUT2D eigenvalue weighted by atomic mass is 19.1. The fraction of sp³-hybridized carbons (Fsp3) is 0.222. The summed E-state index contributed by atoms with van der Waals surface area (Å²) in [5.74, 6) is -0.761. The Morgan fingerprint density at radius 1 is 1.11 bits per heavy atom. The molecule has 0 aliphatic rings. The summed E-state index contributed by atoms with van der Waals surface area (Å²) in [7, 11) is 1.61. The molecule has 0 atom stereocenters. The van der Waals surface area contributed by atoms with Gasteiger partial charge in [-0.2, -0.15) is 5.26 Å². The molecule has 0 fully saturated rings. The normalized spacial score (nSPS) is 10.7. The molecular formula is C27H25FN6O3. The van der Waals surface area contributed by atoms with Gasteiger partial charge in [0, 0.05) is 38.6 Å². The van der Waals surface area contributed by atoms with Gasteiger partial charge in [-0.3, -0.25) is 19.5 Å². The van der Waals surface area contributed by atoms with Crippen molar-refractivity contribution in [3.8, 4) is 6.07 Å². The van der Waals surface area contributed by atoms with E-state index in [4.69, 9.17) is 10.00 Å². The minimum absolute atomic E-state index is 0.278. The van der Waals surface area contributed by atoms with Gasteiger partial charge in [0.1, 0.15) is 11.3 Å². The quantitative estimate of drug-likeness (QED) is 0.320. The lowest BCUT2D eigenvalue weighted by Gasteiger charge is -2.10. The molecule has 0 unspecified atom stereocenters. The number of rotatable bonds is 10. The number of imidazole rings is 1. The highest BCUT2D eigenvalue weighted by Crippen LogP contribution is 2.21. The van der Waals surface area contributed by atoms with Crippen LogP contribution in [0.2, 0.25) is 0 Å². The van der Waals surface area contributed by atoms with Gasteiger partial charge in [0.25, 0.3) is 11.8 Å². The fourth-order valence-corrected chi connectivity index (χ4v) is 3.79. The molecule has 0 aliphatic heterocycles. The number of pyridine rings is 1. The van der Waals surface area contributed by atoms with E-state index in [1.54, 1.807) is 48.1 Å². The molecular weight excluding hydrogens is 475 g/mol. The molecule has 2 amide bonds. The molecule has 0 saturated heterocycles. The van der Waals surface area contributed by atoms with Crippen LogP contribution in [0.15, 0.2) is 60.8 Å². The lowest BCUT2D eigenvalue weighted by atomic mass is 10.1. The number of halogens is 1. The van der Waals surface area contributed by atoms with Crippen molar-refractivity contribution in [1.82, 2.24) is 19.9 Å². The minimum Gasteiger partial charge on any atom is -0.385 e. The molecule has 2 aromatic heterocycles. The van der Waals surface area contributed by atoms with Crippen LogP contribution in [0.3, 0.4) is 0 Å². The van der Waals surface area contributed by atoms with Crippen molar-refractivity contribution in [2.45, 2.75) is 19.4 Å². The third-order valence-electron chi connectivity index (χ3n) is 5.67. The largest absolute Gasteiger partial charge is 0.385 e. The fourth-order valence-electron chi connectivity index (χ4n) is 3.79. The van der Waals surface area contributed by atoms with E-state index < -0.39 is 5.91 Å². The second-order valence-corrected chi connectivity index (χ2v) is 8.28. The number of hydrogen-bond acceptors (Lipinski definition) is 6. The minimum atomic E-state index is -0.417. The highest BCUT2D eigenvalue weighted by molar-refractivity contribution is 6.04. The first-order chi connectivity index (χ1) is 18.0. The van der Waals surface area contributed by atoms with Crippen molar-refractivity contribution in [3.63, 3.8) is 0 Å². The van der Waals surface area contributed by atoms with E-state index in [9.17, 15) is 14.0 Å². The Morgan fingerprint density at radius 3 is 2.68 bits per heavy atom. The molecule has 0 bridgehead atoms. The average molecular weight is 501 g/mol. The number of methoxy groups -OCH3 is 1. The second-order valence-electron chi connectivity index (χ2n) is 8.28. The molecule has 2 aromatic carbocycles. The molecule has 37 heavy (non-hydrogen) atoms. The van der Waals surface area contributed by atoms with Crippen LogP contribution in [0, 0.1) is 17.1 Å². The van der Waals surface area contributed by atoms with Gasteiger partial charge in [-0.15, -0.1) is 0 Å². The number of hydrogen-bond donors (Lipinski definition) is 2. The Kier molecular flexibility index (Phi) is 8.18. The molecule has 2 N–H and O–H groups in total. The van der Waals surface area contributed by atoms with E-state index in [2.05, 4.69) is 20.6 Å². The molecule has 0 radical (unpaired) electrons. The van der Waals surface area contributed by atoms with Gasteiger partial charge in [0.15, 0.2) is 5.65 Å². The molecule has 9 nitrogen and oxygen atoms in total. The number of aryl methyl sites for hydroxylation is 1. The number of anilines is 1. The summed E-state index contributed by atoms with van der Waals surface area (Å²) >= 11 is 0. The number of nitrogens with zero attached hydrogens (tertiary/aromatic N) is 4. The van der Waals surface area contributed by atoms with E-state index in [-0.39, 0.29) is 17.7 Å². The summed E-state index contributed by atoms with van der Waals surface area (Å²) in [5.41, 5.74) is 2.89. The Balaban J connectivity index is 1.52. The first-order valence-corrected chi connectivity index (χ1v) is 11.7. The van der Waals surface area contributed by atoms with Crippen molar-refractivity contribution in [2.75, 3.05) is 25.6 Å². The Morgan fingerprint density at radius 2 is 1.92 bits per heavy atom. The van der Waals surface area contributed by atoms with Gasteiger partial charge in [0.2, 0.25) is 5.95 Å². The molecule has 4 rings (SSSR count). The average Bonchev–Trinajstić information content (AvgIpc) is 3.25. The smallest absolute Gasteiger partial charge is 0.258 e. The standard InChI is InChI=1S/C27H25FN6O3/c1-37-13-3-12-34-24-23(32-27(34)33-26(36)20-5-2-4-19(14-20)16-29)15-21(17-31-24)25(35)30-11-10-18-6-8-22(28)9-7-18/h2,4-9,14-15,17H,3,10-13H2,1H3,(H,30,35)(H,32,33,36). The van der Waals surface area contributed by atoms with E-state index in [0.717, 1.165) is 5.56 Å². The molecule has 0 aliphatic carbocycles. The number of ether oxygens (including phenoxy) is 1. The number of fused-ring (bicyclic) bond motifs is 1. The van der Waals surface area contributed by atoms with Crippen LogP contribution in [0.1, 0.15) is 38.3 Å². The third kappa shape index (κ3) is 6.34. The zero-order chi connectivity index (χ0) is 26.2. The van der Waals surface area contributed by atoms with Crippen LogP contribution in [-0.4, -0.2) is 46.6 Å². The molecule has 0 saturated carbocycles. The van der Waals surface area contributed by atoms with Gasteiger partial charge in [-0.1, -0.05) is 18.2 Å². The third-order valence-corrected chi connectivity index (χ3v) is 5.67. The van der Waals surface area contributed by atoms with Crippen molar-refractivity contribution in [3.05, 3.63) is 88.9 Å². The Hall–Kier alpha value is -4.62. The van der Waals surface area contributed by atoms with Crippen molar-refractivity contribution >= 4 is 28.9 Å². The first kappa shape index (κ1) is 25.5. The second kappa shape index (κ2) is 11.9. The zero-order valence-electron chi connectivity index (χ0n) is 20.2. The van der Waals surface area contributed by atoms with Gasteiger partial charge in [0.05, 0.1) is 17.2 Å². The monoisotopic (exact) mass is 500 g/mol. The van der Waals surface area contributed by atoms with Gasteiger partial charge < -0.3 is 10.1 Å². The summed E-state index contributed by atoms with van der Waals surface area (Å²) in [4.78, 5) is 34.5. The molecule has 4 aromatic rings. The van der Waals surface area contributed by atoms with Crippen LogP contribution >= 0.6 is 0 Å². The number of nitrogens with one attached hydrogen (secondary N) is 2. The zero-order valence-corrected chi connectivity index (χ0v) is 20.2. The number of aromatic nitrogens is 3. The van der Waals surface area contributed by atoms with Crippen molar-refractivity contribution in [1.29, 1.82) is 5.26 Å². The topological polar surface area (TPSA) is 122 Å². The lowest BCUT2D eigenvalue weighted by molar-refractivity contribution is 0.0953. The molecule has 188 valence electrons. The number of amides is 2. The summed E-state index contributed by atoms with van der Waals surface area (Å²) in [5, 5.41) is 14.8. The van der Waals surface area contributed by atoms with E-state index in [1.807, 2.05) is 6.07 Å². The van der Waals surface area contributed by atoms with Crippen LogP contribution in [0.4, 0.5) is 10.3 Å². The maximum atomic E-state index is 13.1. The lowest BCUT2D eigenvalue weighted by Crippen LogP contribution is -2.25. The number of carbonyl (C=O) groups excluding carboxylic acids is 2. The van der Waals surface area contributed by atoms with Gasteiger partial charge in [-0.05, 0) is 54.8 Å². The predicted molar refractivity (Wildman–Crippen MR) is 136 cm³/mol. The summed E-state index contributed by atoms with van der Waals surface area (Å²) in [6.45, 7) is 1.36. The molecule has 10 heteroatoms. The van der Waals surface area contributed by atoms with E-state index in [1.165, 1.54) is 24.4 Å². The summed E-state index contributed by atoms with van der Waals surface area (Å²) in [6, 6.07) is 16.1. The summed E-state index contributed by atoms with van der Waals surface area (Å²) < 4.78 is 20.0. The highest BCUT2D eigenvalue weighted by Gasteiger charge is 2.17. The van der Waals surface area contributed by atoms with Crippen LogP contribution in [-0.2, 0) is 17.7 Å². The molecule has 0 spiro atoms. The maximum absolute atomic E-state index is 13.1. The van der Waals surface area contributed by atoms with Crippen molar-refractivity contribution < 1.29 is 18.7 Å². The maximum Gasteiger partial charge on any atom is 0.258 e. The Bertz CT molecular complexity index is 1460. The van der Waals surface area contributed by atoms with E-state index >= 15 is 0 Å². The van der Waals surface area contributed by atoms with Crippen LogP contribution in [0.5, 0.6) is 0 Å². The number of benzene rings is 2. The SMILES string of the molecule is COCCCn1c(NC(=O)c2cccc(C#N)c2)nc2cc(C(=O)NCCc3ccc(F)cc3)cnc21.